The highest BCUT2D eigenvalue weighted by atomic mass is 35.5. The second-order valence-corrected chi connectivity index (χ2v) is 7.82. The summed E-state index contributed by atoms with van der Waals surface area (Å²) in [6.07, 6.45) is 3.12. The summed E-state index contributed by atoms with van der Waals surface area (Å²) in [6, 6.07) is 11.9. The van der Waals surface area contributed by atoms with Crippen molar-refractivity contribution in [3.8, 4) is 22.5 Å². The van der Waals surface area contributed by atoms with E-state index in [-0.39, 0.29) is 18.0 Å². The number of nitrogens with one attached hydrogen (secondary N) is 1. The Labute approximate surface area is 193 Å². The lowest BCUT2D eigenvalue weighted by Crippen LogP contribution is -2.31. The van der Waals surface area contributed by atoms with E-state index in [1.807, 2.05) is 0 Å². The van der Waals surface area contributed by atoms with Gasteiger partial charge in [-0.15, -0.1) is 10.2 Å². The summed E-state index contributed by atoms with van der Waals surface area (Å²) in [5.74, 6) is -0.622. The maximum Gasteiger partial charge on any atom is 0.254 e. The summed E-state index contributed by atoms with van der Waals surface area (Å²) >= 11 is 5.99. The number of nitrogens with two attached hydrogens (primary N) is 1. The number of pyridine rings is 1. The number of halogens is 2. The summed E-state index contributed by atoms with van der Waals surface area (Å²) in [4.78, 5) is 16.9. The number of rotatable bonds is 6. The molecule has 1 unspecified atom stereocenters. The van der Waals surface area contributed by atoms with E-state index < -0.39 is 17.8 Å². The van der Waals surface area contributed by atoms with Crippen molar-refractivity contribution < 1.29 is 14.3 Å². The van der Waals surface area contributed by atoms with Gasteiger partial charge in [-0.2, -0.15) is 0 Å². The average molecular weight is 467 g/mol. The minimum atomic E-state index is -0.740. The molecule has 33 heavy (non-hydrogen) atoms. The second-order valence-electron chi connectivity index (χ2n) is 7.38. The highest BCUT2D eigenvalue weighted by Crippen LogP contribution is 2.30. The van der Waals surface area contributed by atoms with Gasteiger partial charge in [-0.3, -0.25) is 4.79 Å². The van der Waals surface area contributed by atoms with Crippen LogP contribution in [0.5, 0.6) is 0 Å². The molecule has 8 nitrogen and oxygen atoms in total. The number of carbonyl (C=O) groups is 1. The van der Waals surface area contributed by atoms with Gasteiger partial charge >= 0.3 is 0 Å². The summed E-state index contributed by atoms with van der Waals surface area (Å²) < 4.78 is 16.7. The molecule has 4 N–H and O–H groups in total. The first kappa shape index (κ1) is 22.4. The van der Waals surface area contributed by atoms with Crippen molar-refractivity contribution in [1.82, 2.24) is 25.1 Å². The van der Waals surface area contributed by atoms with Crippen molar-refractivity contribution in [3.63, 3.8) is 0 Å². The highest BCUT2D eigenvalue weighted by Gasteiger charge is 2.19. The van der Waals surface area contributed by atoms with Crippen molar-refractivity contribution in [3.05, 3.63) is 83.0 Å². The third-order valence-corrected chi connectivity index (χ3v) is 5.39. The van der Waals surface area contributed by atoms with Crippen LogP contribution in [0.3, 0.4) is 0 Å². The molecule has 1 atom stereocenters. The van der Waals surface area contributed by atoms with Gasteiger partial charge in [0.25, 0.3) is 5.91 Å². The number of aliphatic hydroxyl groups is 1. The van der Waals surface area contributed by atoms with Crippen molar-refractivity contribution in [2.24, 2.45) is 7.05 Å². The predicted octanol–water partition coefficient (Wildman–Crippen LogP) is 3.38. The van der Waals surface area contributed by atoms with E-state index in [4.69, 9.17) is 17.3 Å². The number of benzene rings is 2. The third-order valence-electron chi connectivity index (χ3n) is 5.15. The predicted molar refractivity (Wildman–Crippen MR) is 123 cm³/mol. The quantitative estimate of drug-likeness (QED) is 0.401. The Morgan fingerprint density at radius 2 is 2.06 bits per heavy atom. The SMILES string of the molecule is Cn1cnnc1-c1cnc(N)c(-c2ccc(C(=O)NC(CO)c3cccc(Cl)c3)c(F)c2)c1. The van der Waals surface area contributed by atoms with Gasteiger partial charge in [0.15, 0.2) is 5.82 Å². The molecule has 1 amide bonds. The Morgan fingerprint density at radius 1 is 1.24 bits per heavy atom. The fourth-order valence-electron chi connectivity index (χ4n) is 3.43. The summed E-state index contributed by atoms with van der Waals surface area (Å²) in [6.45, 7) is -0.372. The number of anilines is 1. The molecular weight excluding hydrogens is 447 g/mol. The van der Waals surface area contributed by atoms with Gasteiger partial charge in [0, 0.05) is 29.4 Å². The van der Waals surface area contributed by atoms with Gasteiger partial charge in [0.2, 0.25) is 0 Å². The monoisotopic (exact) mass is 466 g/mol. The minimum absolute atomic E-state index is 0.171. The van der Waals surface area contributed by atoms with E-state index in [9.17, 15) is 14.3 Å². The molecule has 0 aliphatic heterocycles. The van der Waals surface area contributed by atoms with Gasteiger partial charge in [0.05, 0.1) is 18.2 Å². The van der Waals surface area contributed by atoms with Crippen LogP contribution in [-0.2, 0) is 7.05 Å². The number of aryl methyl sites for hydroxylation is 1. The van der Waals surface area contributed by atoms with Crippen LogP contribution < -0.4 is 11.1 Å². The molecule has 2 heterocycles. The van der Waals surface area contributed by atoms with Gasteiger partial charge in [0.1, 0.15) is 18.0 Å². The smallest absolute Gasteiger partial charge is 0.254 e. The number of hydrogen-bond donors (Lipinski definition) is 3. The Morgan fingerprint density at radius 3 is 2.73 bits per heavy atom. The van der Waals surface area contributed by atoms with Crippen LogP contribution in [0.4, 0.5) is 10.2 Å². The Hall–Kier alpha value is -3.82. The summed E-state index contributed by atoms with van der Waals surface area (Å²) in [5, 5.41) is 20.7. The zero-order valence-corrected chi connectivity index (χ0v) is 18.3. The zero-order valence-electron chi connectivity index (χ0n) is 17.5. The molecule has 2 aromatic carbocycles. The van der Waals surface area contributed by atoms with Crippen LogP contribution >= 0.6 is 11.6 Å². The molecule has 0 fully saturated rings. The first-order valence-corrected chi connectivity index (χ1v) is 10.3. The molecule has 168 valence electrons. The van der Waals surface area contributed by atoms with Crippen LogP contribution in [0, 0.1) is 5.82 Å². The van der Waals surface area contributed by atoms with E-state index in [0.29, 0.717) is 33.1 Å². The van der Waals surface area contributed by atoms with Crippen LogP contribution in [0.25, 0.3) is 22.5 Å². The fraction of sp³-hybridized carbons (Fsp3) is 0.130. The van der Waals surface area contributed by atoms with E-state index in [1.165, 1.54) is 12.1 Å². The molecule has 0 aliphatic rings. The lowest BCUT2D eigenvalue weighted by molar-refractivity contribution is 0.0912. The largest absolute Gasteiger partial charge is 0.394 e. The van der Waals surface area contributed by atoms with Crippen molar-refractivity contribution in [2.45, 2.75) is 6.04 Å². The van der Waals surface area contributed by atoms with Gasteiger partial charge in [-0.1, -0.05) is 29.8 Å². The molecule has 2 aromatic heterocycles. The van der Waals surface area contributed by atoms with Gasteiger partial charge < -0.3 is 20.7 Å². The van der Waals surface area contributed by atoms with Gasteiger partial charge in [-0.25, -0.2) is 9.37 Å². The Kier molecular flexibility index (Phi) is 6.34. The molecule has 4 rings (SSSR count). The lowest BCUT2D eigenvalue weighted by Gasteiger charge is -2.17. The number of carbonyl (C=O) groups excluding carboxylic acids is 1. The first-order valence-electron chi connectivity index (χ1n) is 9.94. The number of nitrogens with zero attached hydrogens (tertiary/aromatic N) is 4. The van der Waals surface area contributed by atoms with E-state index >= 15 is 0 Å². The van der Waals surface area contributed by atoms with E-state index in [2.05, 4.69) is 20.5 Å². The van der Waals surface area contributed by atoms with Gasteiger partial charge in [-0.05, 0) is 41.5 Å². The topological polar surface area (TPSA) is 119 Å². The highest BCUT2D eigenvalue weighted by molar-refractivity contribution is 6.30. The van der Waals surface area contributed by atoms with E-state index in [0.717, 1.165) is 0 Å². The molecule has 0 aliphatic carbocycles. The standard InChI is InChI=1S/C23H20ClFN6O2/c1-31-12-28-30-22(31)15-8-18(21(26)27-10-15)13-5-6-17(19(25)9-13)23(33)29-20(11-32)14-3-2-4-16(24)7-14/h2-10,12,20,32H,11H2,1H3,(H2,26,27)(H,29,33). The van der Waals surface area contributed by atoms with Crippen LogP contribution in [0.15, 0.2) is 61.1 Å². The number of amides is 1. The molecule has 10 heteroatoms. The second kappa shape index (κ2) is 9.35. The third kappa shape index (κ3) is 4.69. The molecule has 0 bridgehead atoms. The van der Waals surface area contributed by atoms with Crippen molar-refractivity contribution >= 4 is 23.3 Å². The van der Waals surface area contributed by atoms with Crippen LogP contribution in [0.2, 0.25) is 5.02 Å². The Bertz CT molecular complexity index is 1330. The normalized spacial score (nSPS) is 11.9. The summed E-state index contributed by atoms with van der Waals surface area (Å²) in [7, 11) is 1.79. The van der Waals surface area contributed by atoms with Crippen molar-refractivity contribution in [1.29, 1.82) is 0 Å². The van der Waals surface area contributed by atoms with Crippen molar-refractivity contribution in [2.75, 3.05) is 12.3 Å². The Balaban J connectivity index is 1.61. The zero-order chi connectivity index (χ0) is 23.5. The molecular formula is C23H20ClFN6O2. The number of aliphatic hydroxyl groups excluding tert-OH is 1. The average Bonchev–Trinajstić information content (AvgIpc) is 3.23. The molecule has 0 spiro atoms. The van der Waals surface area contributed by atoms with Crippen LogP contribution in [-0.4, -0.2) is 37.4 Å². The number of aromatic nitrogens is 4. The minimum Gasteiger partial charge on any atom is -0.394 e. The first-order chi connectivity index (χ1) is 15.9. The fourth-order valence-corrected chi connectivity index (χ4v) is 3.63. The molecule has 4 aromatic rings. The maximum atomic E-state index is 14.9. The van der Waals surface area contributed by atoms with E-state index in [1.54, 1.807) is 60.5 Å². The molecule has 0 radical (unpaired) electrons. The lowest BCUT2D eigenvalue weighted by atomic mass is 10.0. The molecule has 0 saturated heterocycles. The van der Waals surface area contributed by atoms with Crippen LogP contribution in [0.1, 0.15) is 22.0 Å². The molecule has 0 saturated carbocycles. The number of hydrogen-bond acceptors (Lipinski definition) is 6. The maximum absolute atomic E-state index is 14.9. The summed E-state index contributed by atoms with van der Waals surface area (Å²) in [5.41, 5.74) is 8.07. The number of nitrogen functional groups attached to an aromatic ring is 1.